The molecule has 0 fully saturated rings. The molecule has 0 heterocycles. The first-order chi connectivity index (χ1) is 10.9. The quantitative estimate of drug-likeness (QED) is 0.675. The number of nitrogens with one attached hydrogen (secondary N) is 1. The van der Waals surface area contributed by atoms with E-state index in [0.29, 0.717) is 11.4 Å². The summed E-state index contributed by atoms with van der Waals surface area (Å²) in [5.74, 6) is 0.235. The molecule has 1 N–H and O–H groups in total. The summed E-state index contributed by atoms with van der Waals surface area (Å²) < 4.78 is 5.60. The number of nitro benzene ring substituents is 1. The van der Waals surface area contributed by atoms with Gasteiger partial charge in [-0.15, -0.1) is 0 Å². The predicted molar refractivity (Wildman–Crippen MR) is 87.7 cm³/mol. The second-order valence-corrected chi connectivity index (χ2v) is 5.32. The summed E-state index contributed by atoms with van der Waals surface area (Å²) >= 11 is 0. The maximum atomic E-state index is 12.2. The molecule has 0 aliphatic heterocycles. The van der Waals surface area contributed by atoms with Crippen LogP contribution >= 0.6 is 0 Å². The monoisotopic (exact) mass is 314 g/mol. The van der Waals surface area contributed by atoms with Crippen molar-refractivity contribution >= 4 is 17.3 Å². The highest BCUT2D eigenvalue weighted by molar-refractivity contribution is 5.95. The van der Waals surface area contributed by atoms with Crippen LogP contribution in [0.15, 0.2) is 42.5 Å². The number of aryl methyl sites for hydroxylation is 2. The number of carbonyl (C=O) groups excluding carboxylic acids is 1. The summed E-state index contributed by atoms with van der Waals surface area (Å²) in [6, 6.07) is 11.7. The maximum absolute atomic E-state index is 12.2. The zero-order chi connectivity index (χ0) is 17.0. The number of anilines is 1. The highest BCUT2D eigenvalue weighted by Gasteiger charge is 2.17. The van der Waals surface area contributed by atoms with Crippen LogP contribution < -0.4 is 10.1 Å². The van der Waals surface area contributed by atoms with Gasteiger partial charge in [0.25, 0.3) is 11.6 Å². The first-order valence-corrected chi connectivity index (χ1v) is 7.16. The first kappa shape index (κ1) is 16.5. The molecule has 0 saturated heterocycles. The van der Waals surface area contributed by atoms with Gasteiger partial charge in [0, 0.05) is 12.1 Å². The molecule has 0 aromatic heterocycles. The van der Waals surface area contributed by atoms with Gasteiger partial charge in [-0.05, 0) is 44.0 Å². The van der Waals surface area contributed by atoms with Crippen LogP contribution in [0.25, 0.3) is 0 Å². The summed E-state index contributed by atoms with van der Waals surface area (Å²) in [6.07, 6.45) is -0.726. The van der Waals surface area contributed by atoms with E-state index in [2.05, 4.69) is 5.32 Å². The molecule has 2 aromatic carbocycles. The molecule has 0 bridgehead atoms. The van der Waals surface area contributed by atoms with E-state index in [-0.39, 0.29) is 11.6 Å². The van der Waals surface area contributed by atoms with Crippen LogP contribution in [-0.2, 0) is 4.79 Å². The van der Waals surface area contributed by atoms with Gasteiger partial charge in [0.1, 0.15) is 5.75 Å². The van der Waals surface area contributed by atoms with E-state index in [9.17, 15) is 14.9 Å². The Morgan fingerprint density at radius 1 is 1.22 bits per heavy atom. The summed E-state index contributed by atoms with van der Waals surface area (Å²) in [5.41, 5.74) is 2.11. The topological polar surface area (TPSA) is 81.5 Å². The number of ether oxygens (including phenoxy) is 1. The Kier molecular flexibility index (Phi) is 4.95. The van der Waals surface area contributed by atoms with E-state index in [1.807, 2.05) is 25.1 Å². The molecule has 6 heteroatoms. The average Bonchev–Trinajstić information content (AvgIpc) is 2.49. The van der Waals surface area contributed by atoms with Gasteiger partial charge in [-0.1, -0.05) is 18.2 Å². The largest absolute Gasteiger partial charge is 0.481 e. The van der Waals surface area contributed by atoms with Gasteiger partial charge in [-0.25, -0.2) is 0 Å². The SMILES string of the molecule is Cc1cccc(O[C@@H](C)C(=O)Nc2cc([N+](=O)[O-])ccc2C)c1. The molecular formula is C17H18N2O4. The highest BCUT2D eigenvalue weighted by atomic mass is 16.6. The second-order valence-electron chi connectivity index (χ2n) is 5.32. The molecule has 120 valence electrons. The number of amides is 1. The van der Waals surface area contributed by atoms with Crippen LogP contribution in [0, 0.1) is 24.0 Å². The molecule has 1 atom stereocenters. The van der Waals surface area contributed by atoms with Gasteiger partial charge in [-0.3, -0.25) is 14.9 Å². The third kappa shape index (κ3) is 4.29. The molecule has 1 amide bonds. The maximum Gasteiger partial charge on any atom is 0.271 e. The van der Waals surface area contributed by atoms with Crippen LogP contribution in [0.4, 0.5) is 11.4 Å². The van der Waals surface area contributed by atoms with Gasteiger partial charge in [-0.2, -0.15) is 0 Å². The Morgan fingerprint density at radius 3 is 2.61 bits per heavy atom. The van der Waals surface area contributed by atoms with E-state index in [1.54, 1.807) is 26.0 Å². The Hall–Kier alpha value is -2.89. The van der Waals surface area contributed by atoms with Gasteiger partial charge in [0.05, 0.1) is 10.6 Å². The lowest BCUT2D eigenvalue weighted by atomic mass is 10.1. The van der Waals surface area contributed by atoms with Crippen molar-refractivity contribution in [2.75, 3.05) is 5.32 Å². The van der Waals surface area contributed by atoms with Crippen molar-refractivity contribution in [3.8, 4) is 5.75 Å². The van der Waals surface area contributed by atoms with Crippen LogP contribution in [0.1, 0.15) is 18.1 Å². The third-order valence-electron chi connectivity index (χ3n) is 3.36. The van der Waals surface area contributed by atoms with E-state index < -0.39 is 11.0 Å². The Bertz CT molecular complexity index is 743. The Labute approximate surface area is 134 Å². The van der Waals surface area contributed by atoms with E-state index in [4.69, 9.17) is 4.74 Å². The molecule has 23 heavy (non-hydrogen) atoms. The molecule has 2 rings (SSSR count). The average molecular weight is 314 g/mol. The molecule has 0 saturated carbocycles. The van der Waals surface area contributed by atoms with Crippen molar-refractivity contribution in [2.45, 2.75) is 26.9 Å². The van der Waals surface area contributed by atoms with E-state index in [0.717, 1.165) is 11.1 Å². The molecule has 0 radical (unpaired) electrons. The van der Waals surface area contributed by atoms with E-state index >= 15 is 0 Å². The van der Waals surface area contributed by atoms with Gasteiger partial charge < -0.3 is 10.1 Å². The number of rotatable bonds is 5. The second kappa shape index (κ2) is 6.91. The minimum absolute atomic E-state index is 0.0712. The number of carbonyl (C=O) groups is 1. The summed E-state index contributed by atoms with van der Waals surface area (Å²) in [7, 11) is 0. The minimum Gasteiger partial charge on any atom is -0.481 e. The number of nitro groups is 1. The lowest BCUT2D eigenvalue weighted by Gasteiger charge is -2.16. The normalized spacial score (nSPS) is 11.6. The molecule has 6 nitrogen and oxygen atoms in total. The lowest BCUT2D eigenvalue weighted by molar-refractivity contribution is -0.384. The molecule has 0 spiro atoms. The zero-order valence-corrected chi connectivity index (χ0v) is 13.2. The molecule has 2 aromatic rings. The molecule has 0 aliphatic rings. The van der Waals surface area contributed by atoms with Crippen molar-refractivity contribution in [1.82, 2.24) is 0 Å². The number of nitrogens with zero attached hydrogens (tertiary/aromatic N) is 1. The summed E-state index contributed by atoms with van der Waals surface area (Å²) in [4.78, 5) is 22.6. The van der Waals surface area contributed by atoms with Crippen LogP contribution in [0.3, 0.4) is 0 Å². The number of hydrogen-bond acceptors (Lipinski definition) is 4. The molecule has 0 unspecified atom stereocenters. The van der Waals surface area contributed by atoms with Crippen molar-refractivity contribution < 1.29 is 14.5 Å². The predicted octanol–water partition coefficient (Wildman–Crippen LogP) is 3.62. The zero-order valence-electron chi connectivity index (χ0n) is 13.2. The number of non-ortho nitro benzene ring substituents is 1. The third-order valence-corrected chi connectivity index (χ3v) is 3.36. The Morgan fingerprint density at radius 2 is 1.96 bits per heavy atom. The van der Waals surface area contributed by atoms with Crippen LogP contribution in [0.5, 0.6) is 5.75 Å². The minimum atomic E-state index is -0.726. The lowest BCUT2D eigenvalue weighted by Crippen LogP contribution is -2.30. The standard InChI is InChI=1S/C17H18N2O4/c1-11-5-4-6-15(9-11)23-13(3)17(20)18-16-10-14(19(21)22)8-7-12(16)2/h4-10,13H,1-3H3,(H,18,20)/t13-/m0/s1. The molecular weight excluding hydrogens is 296 g/mol. The summed E-state index contributed by atoms with van der Waals surface area (Å²) in [6.45, 7) is 5.33. The van der Waals surface area contributed by atoms with Crippen LogP contribution in [-0.4, -0.2) is 16.9 Å². The van der Waals surface area contributed by atoms with Gasteiger partial charge >= 0.3 is 0 Å². The number of benzene rings is 2. The van der Waals surface area contributed by atoms with E-state index in [1.165, 1.54) is 12.1 Å². The van der Waals surface area contributed by atoms with Crippen LogP contribution in [0.2, 0.25) is 0 Å². The van der Waals surface area contributed by atoms with Gasteiger partial charge in [0.2, 0.25) is 0 Å². The smallest absolute Gasteiger partial charge is 0.271 e. The summed E-state index contributed by atoms with van der Waals surface area (Å²) in [5, 5.41) is 13.5. The van der Waals surface area contributed by atoms with Crippen molar-refractivity contribution in [3.63, 3.8) is 0 Å². The molecule has 0 aliphatic carbocycles. The first-order valence-electron chi connectivity index (χ1n) is 7.16. The van der Waals surface area contributed by atoms with Crippen molar-refractivity contribution in [1.29, 1.82) is 0 Å². The van der Waals surface area contributed by atoms with Crippen molar-refractivity contribution in [2.24, 2.45) is 0 Å². The van der Waals surface area contributed by atoms with Crippen molar-refractivity contribution in [3.05, 3.63) is 63.7 Å². The Balaban J connectivity index is 2.09. The van der Waals surface area contributed by atoms with Gasteiger partial charge in [0.15, 0.2) is 6.10 Å². The highest BCUT2D eigenvalue weighted by Crippen LogP contribution is 2.22. The fraction of sp³-hybridized carbons (Fsp3) is 0.235. The fourth-order valence-electron chi connectivity index (χ4n) is 2.04. The number of hydrogen-bond donors (Lipinski definition) is 1. The fourth-order valence-corrected chi connectivity index (χ4v) is 2.04.